The van der Waals surface area contributed by atoms with Gasteiger partial charge in [0, 0.05) is 17.3 Å². The van der Waals surface area contributed by atoms with Crippen LogP contribution >= 0.6 is 0 Å². The first-order chi connectivity index (χ1) is 14.9. The highest BCUT2D eigenvalue weighted by Gasteiger charge is 2.18. The van der Waals surface area contributed by atoms with E-state index in [2.05, 4.69) is 15.4 Å². The van der Waals surface area contributed by atoms with E-state index >= 15 is 0 Å². The summed E-state index contributed by atoms with van der Waals surface area (Å²) in [6.45, 7) is 3.46. The second kappa shape index (κ2) is 8.43. The molecule has 0 aliphatic rings. The fourth-order valence-electron chi connectivity index (χ4n) is 3.05. The quantitative estimate of drug-likeness (QED) is 0.504. The van der Waals surface area contributed by atoms with Crippen molar-refractivity contribution in [2.24, 2.45) is 0 Å². The minimum atomic E-state index is -0.883. The van der Waals surface area contributed by atoms with Crippen LogP contribution in [0.4, 0.5) is 10.1 Å². The Bertz CT molecular complexity index is 1250. The molecule has 2 heterocycles. The number of nitrogens with zero attached hydrogens (tertiary/aromatic N) is 3. The topological polar surface area (TPSA) is 77.8 Å². The number of para-hydroxylation sites is 1. The number of nitrogens with one attached hydrogen (secondary N) is 1. The molecule has 0 aliphatic carbocycles. The molecule has 1 N–H and O–H groups in total. The number of fused-ring (bicyclic) bond motifs is 1. The molecule has 4 aromatic rings. The summed E-state index contributed by atoms with van der Waals surface area (Å²) in [5.41, 5.74) is 3.68. The third-order valence-electron chi connectivity index (χ3n) is 4.81. The molecule has 158 valence electrons. The Morgan fingerprint density at radius 3 is 2.74 bits per heavy atom. The van der Waals surface area contributed by atoms with Crippen LogP contribution in [0.15, 0.2) is 60.8 Å². The molecule has 8 heteroatoms. The molecule has 1 amide bonds. The molecular weight excluding hydrogens is 399 g/mol. The molecule has 0 bridgehead atoms. The van der Waals surface area contributed by atoms with Gasteiger partial charge < -0.3 is 14.8 Å². The number of imidazole rings is 1. The molecule has 0 radical (unpaired) electrons. The fraction of sp³-hybridized carbons (Fsp3) is 0.174. The Morgan fingerprint density at radius 1 is 1.16 bits per heavy atom. The van der Waals surface area contributed by atoms with Gasteiger partial charge in [-0.2, -0.15) is 0 Å². The van der Waals surface area contributed by atoms with Crippen molar-refractivity contribution in [1.82, 2.24) is 14.6 Å². The van der Waals surface area contributed by atoms with Crippen LogP contribution in [0, 0.1) is 12.7 Å². The first-order valence-electron chi connectivity index (χ1n) is 9.68. The molecule has 1 unspecified atom stereocenters. The fourth-order valence-corrected chi connectivity index (χ4v) is 3.05. The molecule has 0 spiro atoms. The highest BCUT2D eigenvalue weighted by atomic mass is 19.1. The lowest BCUT2D eigenvalue weighted by molar-refractivity contribution is -0.122. The molecule has 31 heavy (non-hydrogen) atoms. The number of hydrogen-bond acceptors (Lipinski definition) is 5. The first kappa shape index (κ1) is 20.3. The van der Waals surface area contributed by atoms with Crippen LogP contribution in [0.5, 0.6) is 11.6 Å². The van der Waals surface area contributed by atoms with Crippen LogP contribution in [0.2, 0.25) is 0 Å². The summed E-state index contributed by atoms with van der Waals surface area (Å²) in [6, 6.07) is 15.2. The lowest BCUT2D eigenvalue weighted by atomic mass is 10.1. The SMILES string of the molecule is COc1ccc2nc(-c3ccc(C)c(NC(=O)C(C)Oc4ccccc4F)c3)cn2n1. The van der Waals surface area contributed by atoms with Crippen LogP contribution in [0.25, 0.3) is 16.9 Å². The van der Waals surface area contributed by atoms with Gasteiger partial charge >= 0.3 is 0 Å². The lowest BCUT2D eigenvalue weighted by Gasteiger charge is -2.16. The molecule has 0 aliphatic heterocycles. The zero-order chi connectivity index (χ0) is 22.0. The van der Waals surface area contributed by atoms with Crippen LogP contribution in [0.3, 0.4) is 0 Å². The highest BCUT2D eigenvalue weighted by Crippen LogP contribution is 2.26. The molecule has 7 nitrogen and oxygen atoms in total. The van der Waals surface area contributed by atoms with Gasteiger partial charge in [-0.15, -0.1) is 5.10 Å². The molecule has 0 saturated carbocycles. The second-order valence-corrected chi connectivity index (χ2v) is 7.01. The van der Waals surface area contributed by atoms with Gasteiger partial charge in [0.1, 0.15) is 0 Å². The Morgan fingerprint density at radius 2 is 1.97 bits per heavy atom. The maximum absolute atomic E-state index is 13.8. The third-order valence-corrected chi connectivity index (χ3v) is 4.81. The van der Waals surface area contributed by atoms with Crippen LogP contribution < -0.4 is 14.8 Å². The molecule has 2 aromatic carbocycles. The van der Waals surface area contributed by atoms with E-state index in [4.69, 9.17) is 9.47 Å². The van der Waals surface area contributed by atoms with Crippen molar-refractivity contribution in [3.8, 4) is 22.9 Å². The molecule has 0 fully saturated rings. The highest BCUT2D eigenvalue weighted by molar-refractivity contribution is 5.95. The Balaban J connectivity index is 1.55. The summed E-state index contributed by atoms with van der Waals surface area (Å²) in [4.78, 5) is 17.2. The molecular formula is C23H21FN4O3. The zero-order valence-electron chi connectivity index (χ0n) is 17.3. The van der Waals surface area contributed by atoms with Gasteiger partial charge in [-0.05, 0) is 43.7 Å². The van der Waals surface area contributed by atoms with Gasteiger partial charge in [-0.25, -0.2) is 13.9 Å². The minimum absolute atomic E-state index is 0.0308. The predicted molar refractivity (Wildman–Crippen MR) is 115 cm³/mol. The average molecular weight is 420 g/mol. The van der Waals surface area contributed by atoms with Crippen molar-refractivity contribution in [2.75, 3.05) is 12.4 Å². The Hall–Kier alpha value is -3.94. The number of benzene rings is 2. The van der Waals surface area contributed by atoms with E-state index in [1.165, 1.54) is 12.1 Å². The second-order valence-electron chi connectivity index (χ2n) is 7.01. The van der Waals surface area contributed by atoms with Crippen molar-refractivity contribution in [1.29, 1.82) is 0 Å². The van der Waals surface area contributed by atoms with Gasteiger partial charge in [0.05, 0.1) is 19.0 Å². The summed E-state index contributed by atoms with van der Waals surface area (Å²) >= 11 is 0. The summed E-state index contributed by atoms with van der Waals surface area (Å²) in [6.07, 6.45) is 0.907. The van der Waals surface area contributed by atoms with E-state index in [1.807, 2.05) is 31.2 Å². The van der Waals surface area contributed by atoms with Crippen molar-refractivity contribution in [3.05, 3.63) is 72.2 Å². The number of ether oxygens (including phenoxy) is 2. The summed E-state index contributed by atoms with van der Waals surface area (Å²) in [5, 5.41) is 7.17. The van der Waals surface area contributed by atoms with Crippen LogP contribution in [-0.4, -0.2) is 33.7 Å². The minimum Gasteiger partial charge on any atom is -0.480 e. The molecule has 4 rings (SSSR count). The van der Waals surface area contributed by atoms with E-state index in [-0.39, 0.29) is 11.7 Å². The number of methoxy groups -OCH3 is 1. The number of aryl methyl sites for hydroxylation is 1. The van der Waals surface area contributed by atoms with Crippen LogP contribution in [-0.2, 0) is 4.79 Å². The average Bonchev–Trinajstić information content (AvgIpc) is 3.20. The standard InChI is InChI=1S/C23H21FN4O3/c1-14-8-9-16(19-13-28-21(25-19)10-11-22(27-28)30-3)12-18(14)26-23(29)15(2)31-20-7-5-4-6-17(20)24/h4-13,15H,1-3H3,(H,26,29). The number of hydrogen-bond donors (Lipinski definition) is 1. The van der Waals surface area contributed by atoms with E-state index in [0.29, 0.717) is 22.9 Å². The smallest absolute Gasteiger partial charge is 0.265 e. The summed E-state index contributed by atoms with van der Waals surface area (Å²) in [7, 11) is 1.55. The third kappa shape index (κ3) is 4.32. The van der Waals surface area contributed by atoms with Crippen molar-refractivity contribution < 1.29 is 18.7 Å². The number of halogens is 1. The number of aromatic nitrogens is 3. The van der Waals surface area contributed by atoms with E-state index in [0.717, 1.165) is 11.1 Å². The maximum atomic E-state index is 13.8. The monoisotopic (exact) mass is 420 g/mol. The van der Waals surface area contributed by atoms with Crippen molar-refractivity contribution >= 4 is 17.2 Å². The number of amides is 1. The van der Waals surface area contributed by atoms with Gasteiger partial charge in [-0.3, -0.25) is 4.79 Å². The van der Waals surface area contributed by atoms with Crippen LogP contribution in [0.1, 0.15) is 12.5 Å². The van der Waals surface area contributed by atoms with Gasteiger partial charge in [0.25, 0.3) is 5.91 Å². The van der Waals surface area contributed by atoms with Crippen molar-refractivity contribution in [3.63, 3.8) is 0 Å². The summed E-state index contributed by atoms with van der Waals surface area (Å²) in [5.74, 6) is -0.386. The lowest BCUT2D eigenvalue weighted by Crippen LogP contribution is -2.30. The van der Waals surface area contributed by atoms with E-state index < -0.39 is 11.9 Å². The number of carbonyl (C=O) groups excluding carboxylic acids is 1. The molecule has 2 aromatic heterocycles. The molecule has 1 atom stereocenters. The van der Waals surface area contributed by atoms with E-state index in [1.54, 1.807) is 42.9 Å². The number of rotatable bonds is 6. The number of carbonyl (C=O) groups is 1. The predicted octanol–water partition coefficient (Wildman–Crippen LogP) is 4.26. The largest absolute Gasteiger partial charge is 0.480 e. The Labute approximate surface area is 178 Å². The van der Waals surface area contributed by atoms with E-state index in [9.17, 15) is 9.18 Å². The summed E-state index contributed by atoms with van der Waals surface area (Å²) < 4.78 is 26.1. The van der Waals surface area contributed by atoms with Gasteiger partial charge in [0.2, 0.25) is 5.88 Å². The first-order valence-corrected chi connectivity index (χ1v) is 9.68. The zero-order valence-corrected chi connectivity index (χ0v) is 17.3. The maximum Gasteiger partial charge on any atom is 0.265 e. The Kier molecular flexibility index (Phi) is 5.53. The van der Waals surface area contributed by atoms with Crippen molar-refractivity contribution in [2.45, 2.75) is 20.0 Å². The number of anilines is 1. The molecule has 0 saturated heterocycles. The van der Waals surface area contributed by atoms with Gasteiger partial charge in [0.15, 0.2) is 23.3 Å². The van der Waals surface area contributed by atoms with Gasteiger partial charge in [-0.1, -0.05) is 24.3 Å². The normalized spacial score (nSPS) is 11.9.